The van der Waals surface area contributed by atoms with Crippen molar-refractivity contribution in [3.8, 4) is 11.5 Å². The highest BCUT2D eigenvalue weighted by Gasteiger charge is 2.21. The molecule has 0 unspecified atom stereocenters. The minimum Gasteiger partial charge on any atom is -0.497 e. The molecule has 3 rings (SSSR count). The number of nitrogens with one attached hydrogen (secondary N) is 1. The third kappa shape index (κ3) is 5.96. The van der Waals surface area contributed by atoms with Gasteiger partial charge in [0.2, 0.25) is 5.13 Å². The van der Waals surface area contributed by atoms with E-state index in [1.165, 1.54) is 11.5 Å². The average Bonchev–Trinajstić information content (AvgIpc) is 3.26. The second-order valence-electron chi connectivity index (χ2n) is 6.68. The number of aliphatic imine (C=N–C) groups is 1. The van der Waals surface area contributed by atoms with Gasteiger partial charge in [0.1, 0.15) is 17.3 Å². The van der Waals surface area contributed by atoms with Crippen LogP contribution in [0.25, 0.3) is 0 Å². The molecule has 2 heterocycles. The van der Waals surface area contributed by atoms with Crippen LogP contribution in [-0.4, -0.2) is 73.7 Å². The van der Waals surface area contributed by atoms with Crippen molar-refractivity contribution in [2.24, 2.45) is 4.99 Å². The van der Waals surface area contributed by atoms with E-state index in [-0.39, 0.29) is 0 Å². The SMILES string of the molecule is CCc1nsc(N2CCN(C(=NC)NCCCOc3cccc(OC)c3)CC2)n1. The van der Waals surface area contributed by atoms with Crippen LogP contribution in [-0.2, 0) is 6.42 Å². The lowest BCUT2D eigenvalue weighted by molar-refractivity contribution is 0.306. The third-order valence-corrected chi connectivity index (χ3v) is 5.56. The Labute approximate surface area is 176 Å². The van der Waals surface area contributed by atoms with Crippen LogP contribution in [0.2, 0.25) is 0 Å². The van der Waals surface area contributed by atoms with Gasteiger partial charge in [-0.25, -0.2) is 4.98 Å². The minimum absolute atomic E-state index is 0.641. The van der Waals surface area contributed by atoms with E-state index >= 15 is 0 Å². The molecular weight excluding hydrogens is 388 g/mol. The summed E-state index contributed by atoms with van der Waals surface area (Å²) in [4.78, 5) is 13.6. The number of aryl methyl sites for hydroxylation is 1. The predicted molar refractivity (Wildman–Crippen MR) is 118 cm³/mol. The molecule has 1 fully saturated rings. The molecule has 29 heavy (non-hydrogen) atoms. The molecule has 0 saturated carbocycles. The molecule has 0 amide bonds. The Morgan fingerprint density at radius 2 is 2.03 bits per heavy atom. The molecule has 9 heteroatoms. The first kappa shape index (κ1) is 21.2. The fourth-order valence-electron chi connectivity index (χ4n) is 3.11. The van der Waals surface area contributed by atoms with E-state index in [0.717, 1.165) is 74.0 Å². The number of nitrogens with zero attached hydrogens (tertiary/aromatic N) is 5. The normalized spacial score (nSPS) is 14.8. The number of piperazine rings is 1. The largest absolute Gasteiger partial charge is 0.497 e. The molecule has 8 nitrogen and oxygen atoms in total. The lowest BCUT2D eigenvalue weighted by Crippen LogP contribution is -2.52. The van der Waals surface area contributed by atoms with Gasteiger partial charge in [0.15, 0.2) is 5.96 Å². The number of rotatable bonds is 8. The van der Waals surface area contributed by atoms with Gasteiger partial charge >= 0.3 is 0 Å². The summed E-state index contributed by atoms with van der Waals surface area (Å²) >= 11 is 1.49. The van der Waals surface area contributed by atoms with Gasteiger partial charge in [-0.1, -0.05) is 13.0 Å². The maximum Gasteiger partial charge on any atom is 0.205 e. The zero-order valence-electron chi connectivity index (χ0n) is 17.4. The summed E-state index contributed by atoms with van der Waals surface area (Å²) in [6.45, 7) is 7.23. The van der Waals surface area contributed by atoms with E-state index in [4.69, 9.17) is 9.47 Å². The van der Waals surface area contributed by atoms with Crippen LogP contribution in [0.15, 0.2) is 29.3 Å². The molecule has 1 aromatic heterocycles. The molecule has 1 N–H and O–H groups in total. The van der Waals surface area contributed by atoms with Gasteiger partial charge < -0.3 is 24.6 Å². The number of guanidine groups is 1. The van der Waals surface area contributed by atoms with Gasteiger partial charge in [0, 0.05) is 63.8 Å². The average molecular weight is 419 g/mol. The Morgan fingerprint density at radius 1 is 1.24 bits per heavy atom. The minimum atomic E-state index is 0.641. The monoisotopic (exact) mass is 418 g/mol. The maximum absolute atomic E-state index is 5.79. The highest BCUT2D eigenvalue weighted by molar-refractivity contribution is 7.09. The highest BCUT2D eigenvalue weighted by atomic mass is 32.1. The van der Waals surface area contributed by atoms with E-state index in [0.29, 0.717) is 6.61 Å². The first-order chi connectivity index (χ1) is 14.2. The van der Waals surface area contributed by atoms with Gasteiger partial charge in [0.25, 0.3) is 0 Å². The Kier molecular flexibility index (Phi) is 7.92. The van der Waals surface area contributed by atoms with Crippen molar-refractivity contribution in [2.45, 2.75) is 19.8 Å². The van der Waals surface area contributed by atoms with Crippen LogP contribution in [0, 0.1) is 0 Å². The van der Waals surface area contributed by atoms with E-state index in [9.17, 15) is 0 Å². The van der Waals surface area contributed by atoms with Crippen molar-refractivity contribution in [3.05, 3.63) is 30.1 Å². The molecule has 0 atom stereocenters. The third-order valence-electron chi connectivity index (χ3n) is 4.75. The Hall–Kier alpha value is -2.55. The number of aromatic nitrogens is 2. The van der Waals surface area contributed by atoms with Gasteiger partial charge in [0.05, 0.1) is 13.7 Å². The molecule has 158 valence electrons. The van der Waals surface area contributed by atoms with Crippen molar-refractivity contribution < 1.29 is 9.47 Å². The molecule has 0 bridgehead atoms. The molecule has 2 aromatic rings. The molecule has 0 spiro atoms. The lowest BCUT2D eigenvalue weighted by Gasteiger charge is -2.36. The van der Waals surface area contributed by atoms with Crippen molar-refractivity contribution in [1.29, 1.82) is 0 Å². The van der Waals surface area contributed by atoms with E-state index in [1.54, 1.807) is 7.11 Å². The highest BCUT2D eigenvalue weighted by Crippen LogP contribution is 2.20. The summed E-state index contributed by atoms with van der Waals surface area (Å²) < 4.78 is 15.4. The number of hydrogen-bond acceptors (Lipinski definition) is 7. The molecule has 1 saturated heterocycles. The standard InChI is InChI=1S/C20H30N6O2S/c1-4-18-23-20(29-24-18)26-12-10-25(11-13-26)19(21-2)22-9-6-14-28-17-8-5-7-16(15-17)27-3/h5,7-8,15H,4,6,9-14H2,1-3H3,(H,21,22). The van der Waals surface area contributed by atoms with Crippen LogP contribution < -0.4 is 19.7 Å². The molecule has 1 aromatic carbocycles. The Morgan fingerprint density at radius 3 is 2.72 bits per heavy atom. The number of hydrogen-bond donors (Lipinski definition) is 1. The summed E-state index contributed by atoms with van der Waals surface area (Å²) in [5.74, 6) is 3.51. The van der Waals surface area contributed by atoms with E-state index < -0.39 is 0 Å². The fourth-order valence-corrected chi connectivity index (χ4v) is 3.91. The van der Waals surface area contributed by atoms with Gasteiger partial charge in [-0.3, -0.25) is 4.99 Å². The molecule has 1 aliphatic rings. The van der Waals surface area contributed by atoms with Crippen molar-refractivity contribution >= 4 is 22.6 Å². The number of anilines is 1. The zero-order valence-corrected chi connectivity index (χ0v) is 18.2. The summed E-state index contributed by atoms with van der Waals surface area (Å²) in [7, 11) is 3.49. The van der Waals surface area contributed by atoms with Crippen LogP contribution in [0.5, 0.6) is 11.5 Å². The van der Waals surface area contributed by atoms with E-state index in [1.807, 2.05) is 31.3 Å². The van der Waals surface area contributed by atoms with Gasteiger partial charge in [-0.15, -0.1) is 0 Å². The quantitative estimate of drug-likeness (QED) is 0.400. The van der Waals surface area contributed by atoms with Gasteiger partial charge in [-0.05, 0) is 18.6 Å². The molecule has 1 aliphatic heterocycles. The molecular formula is C20H30N6O2S. The number of methoxy groups -OCH3 is 1. The van der Waals surface area contributed by atoms with Crippen molar-refractivity contribution in [2.75, 3.05) is 58.4 Å². The Bertz CT molecular complexity index is 789. The van der Waals surface area contributed by atoms with Crippen molar-refractivity contribution in [3.63, 3.8) is 0 Å². The van der Waals surface area contributed by atoms with Gasteiger partial charge in [-0.2, -0.15) is 4.37 Å². The predicted octanol–water partition coefficient (Wildman–Crippen LogP) is 2.28. The smallest absolute Gasteiger partial charge is 0.205 e. The molecule has 0 radical (unpaired) electrons. The first-order valence-corrected chi connectivity index (χ1v) is 10.8. The zero-order chi connectivity index (χ0) is 20.5. The summed E-state index contributed by atoms with van der Waals surface area (Å²) in [6.07, 6.45) is 1.77. The second-order valence-corrected chi connectivity index (χ2v) is 7.41. The maximum atomic E-state index is 5.79. The molecule has 0 aliphatic carbocycles. The summed E-state index contributed by atoms with van der Waals surface area (Å²) in [5.41, 5.74) is 0. The fraction of sp³-hybridized carbons (Fsp3) is 0.550. The lowest BCUT2D eigenvalue weighted by atomic mass is 10.3. The number of ether oxygens (including phenoxy) is 2. The summed E-state index contributed by atoms with van der Waals surface area (Å²) in [5, 5.41) is 4.47. The summed E-state index contributed by atoms with van der Waals surface area (Å²) in [6, 6.07) is 7.67. The second kappa shape index (κ2) is 10.8. The van der Waals surface area contributed by atoms with Crippen molar-refractivity contribution in [1.82, 2.24) is 19.6 Å². The topological polar surface area (TPSA) is 75.1 Å². The van der Waals surface area contributed by atoms with Crippen LogP contribution in [0.3, 0.4) is 0 Å². The first-order valence-electron chi connectivity index (χ1n) is 10.0. The Balaban J connectivity index is 1.37. The van der Waals surface area contributed by atoms with E-state index in [2.05, 4.69) is 36.4 Å². The van der Waals surface area contributed by atoms with Crippen LogP contribution in [0.4, 0.5) is 5.13 Å². The van der Waals surface area contributed by atoms with Crippen LogP contribution in [0.1, 0.15) is 19.2 Å². The van der Waals surface area contributed by atoms with Crippen LogP contribution >= 0.6 is 11.5 Å². The number of benzene rings is 1.